The van der Waals surface area contributed by atoms with Crippen LogP contribution in [0.25, 0.3) is 10.4 Å². The SMILES string of the molecule is Cc1nc(C)c(-c2ccc(CN3CCC(c4ccn[nH]4)C3)cc2)s1. The Morgan fingerprint density at radius 2 is 2.04 bits per heavy atom. The van der Waals surface area contributed by atoms with Crippen molar-refractivity contribution in [1.29, 1.82) is 0 Å². The maximum atomic E-state index is 4.53. The molecule has 1 aliphatic heterocycles. The number of hydrogen-bond donors (Lipinski definition) is 1. The van der Waals surface area contributed by atoms with Gasteiger partial charge in [-0.3, -0.25) is 10.00 Å². The van der Waals surface area contributed by atoms with Gasteiger partial charge in [0.2, 0.25) is 0 Å². The van der Waals surface area contributed by atoms with Crippen LogP contribution in [-0.2, 0) is 6.54 Å². The Morgan fingerprint density at radius 3 is 2.71 bits per heavy atom. The summed E-state index contributed by atoms with van der Waals surface area (Å²) in [5.41, 5.74) is 5.05. The van der Waals surface area contributed by atoms with Crippen molar-refractivity contribution in [2.24, 2.45) is 0 Å². The van der Waals surface area contributed by atoms with E-state index in [0.29, 0.717) is 5.92 Å². The molecular formula is C19H22N4S. The molecule has 1 fully saturated rings. The van der Waals surface area contributed by atoms with Crippen molar-refractivity contribution in [2.45, 2.75) is 32.7 Å². The van der Waals surface area contributed by atoms with Crippen LogP contribution in [0.1, 0.15) is 34.3 Å². The van der Waals surface area contributed by atoms with Crippen molar-refractivity contribution < 1.29 is 0 Å². The van der Waals surface area contributed by atoms with Crippen molar-refractivity contribution in [3.8, 4) is 10.4 Å². The molecule has 2 aromatic heterocycles. The lowest BCUT2D eigenvalue weighted by atomic mass is 10.1. The molecular weight excluding hydrogens is 316 g/mol. The molecule has 5 heteroatoms. The molecule has 0 aliphatic carbocycles. The Kier molecular flexibility index (Phi) is 4.21. The molecule has 0 bridgehead atoms. The Hall–Kier alpha value is -1.98. The maximum Gasteiger partial charge on any atom is 0.0903 e. The Labute approximate surface area is 146 Å². The molecule has 3 heterocycles. The molecule has 1 aromatic carbocycles. The number of nitrogens with zero attached hydrogens (tertiary/aromatic N) is 3. The molecule has 1 unspecified atom stereocenters. The molecule has 124 valence electrons. The van der Waals surface area contributed by atoms with Gasteiger partial charge < -0.3 is 0 Å². The highest BCUT2D eigenvalue weighted by Gasteiger charge is 2.24. The van der Waals surface area contributed by atoms with Gasteiger partial charge in [0, 0.05) is 30.9 Å². The third kappa shape index (κ3) is 3.14. The van der Waals surface area contributed by atoms with Gasteiger partial charge in [0.1, 0.15) is 0 Å². The van der Waals surface area contributed by atoms with Crippen molar-refractivity contribution in [3.63, 3.8) is 0 Å². The number of H-pyrrole nitrogens is 1. The second kappa shape index (κ2) is 6.49. The Balaban J connectivity index is 1.42. The van der Waals surface area contributed by atoms with Crippen molar-refractivity contribution in [1.82, 2.24) is 20.1 Å². The second-order valence-electron chi connectivity index (χ2n) is 6.58. The zero-order valence-corrected chi connectivity index (χ0v) is 14.9. The predicted molar refractivity (Wildman–Crippen MR) is 98.2 cm³/mol. The molecule has 3 aromatic rings. The molecule has 4 nitrogen and oxygen atoms in total. The average molecular weight is 338 g/mol. The summed E-state index contributed by atoms with van der Waals surface area (Å²) in [5.74, 6) is 0.592. The smallest absolute Gasteiger partial charge is 0.0903 e. The van der Waals surface area contributed by atoms with Crippen LogP contribution in [0.4, 0.5) is 0 Å². The van der Waals surface area contributed by atoms with E-state index < -0.39 is 0 Å². The number of aromatic amines is 1. The van der Waals surface area contributed by atoms with Crippen LogP contribution in [0.3, 0.4) is 0 Å². The number of nitrogens with one attached hydrogen (secondary N) is 1. The summed E-state index contributed by atoms with van der Waals surface area (Å²) in [6.45, 7) is 7.44. The van der Waals surface area contributed by atoms with Crippen LogP contribution in [-0.4, -0.2) is 33.2 Å². The van der Waals surface area contributed by atoms with E-state index >= 15 is 0 Å². The average Bonchev–Trinajstić information content (AvgIpc) is 3.29. The van der Waals surface area contributed by atoms with E-state index in [4.69, 9.17) is 0 Å². The van der Waals surface area contributed by atoms with E-state index in [-0.39, 0.29) is 0 Å². The molecule has 1 atom stereocenters. The second-order valence-corrected chi connectivity index (χ2v) is 7.78. The molecule has 0 saturated carbocycles. The van der Waals surface area contributed by atoms with Gasteiger partial charge in [0.15, 0.2) is 0 Å². The zero-order valence-electron chi connectivity index (χ0n) is 14.1. The highest BCUT2D eigenvalue weighted by atomic mass is 32.1. The number of likely N-dealkylation sites (tertiary alicyclic amines) is 1. The zero-order chi connectivity index (χ0) is 16.5. The molecule has 0 amide bonds. The lowest BCUT2D eigenvalue weighted by molar-refractivity contribution is 0.326. The number of rotatable bonds is 4. The third-order valence-electron chi connectivity index (χ3n) is 4.76. The number of aromatic nitrogens is 3. The van der Waals surface area contributed by atoms with Gasteiger partial charge in [-0.2, -0.15) is 5.10 Å². The number of aryl methyl sites for hydroxylation is 2. The van der Waals surface area contributed by atoms with Crippen molar-refractivity contribution in [2.75, 3.05) is 13.1 Å². The quantitative estimate of drug-likeness (QED) is 0.777. The highest BCUT2D eigenvalue weighted by Crippen LogP contribution is 2.30. The summed E-state index contributed by atoms with van der Waals surface area (Å²) in [6, 6.07) is 11.1. The maximum absolute atomic E-state index is 4.53. The lowest BCUT2D eigenvalue weighted by Crippen LogP contribution is -2.19. The van der Waals surface area contributed by atoms with Crippen molar-refractivity contribution in [3.05, 3.63) is 58.5 Å². The monoisotopic (exact) mass is 338 g/mol. The van der Waals surface area contributed by atoms with Crippen LogP contribution in [0.5, 0.6) is 0 Å². The van der Waals surface area contributed by atoms with Gasteiger partial charge in [-0.25, -0.2) is 4.98 Å². The van der Waals surface area contributed by atoms with E-state index in [9.17, 15) is 0 Å². The fourth-order valence-electron chi connectivity index (χ4n) is 3.54. The van der Waals surface area contributed by atoms with Gasteiger partial charge in [-0.1, -0.05) is 24.3 Å². The van der Waals surface area contributed by atoms with E-state index in [1.54, 1.807) is 11.3 Å². The van der Waals surface area contributed by atoms with Crippen LogP contribution in [0, 0.1) is 13.8 Å². The Morgan fingerprint density at radius 1 is 1.21 bits per heavy atom. The largest absolute Gasteiger partial charge is 0.298 e. The first-order valence-electron chi connectivity index (χ1n) is 8.44. The first-order chi connectivity index (χ1) is 11.7. The van der Waals surface area contributed by atoms with E-state index in [0.717, 1.165) is 30.3 Å². The van der Waals surface area contributed by atoms with E-state index in [1.165, 1.54) is 28.1 Å². The minimum absolute atomic E-state index is 0.592. The normalized spacial score (nSPS) is 18.3. The molecule has 1 aliphatic rings. The predicted octanol–water partition coefficient (Wildman–Crippen LogP) is 4.14. The van der Waals surface area contributed by atoms with Crippen LogP contribution in [0.15, 0.2) is 36.5 Å². The van der Waals surface area contributed by atoms with Crippen LogP contribution in [0.2, 0.25) is 0 Å². The first-order valence-corrected chi connectivity index (χ1v) is 9.25. The van der Waals surface area contributed by atoms with Gasteiger partial charge in [-0.15, -0.1) is 11.3 Å². The fraction of sp³-hybridized carbons (Fsp3) is 0.368. The topological polar surface area (TPSA) is 44.8 Å². The van der Waals surface area contributed by atoms with Gasteiger partial charge in [0.05, 0.1) is 15.6 Å². The summed E-state index contributed by atoms with van der Waals surface area (Å²) in [5, 5.41) is 8.32. The molecule has 1 N–H and O–H groups in total. The summed E-state index contributed by atoms with van der Waals surface area (Å²) in [7, 11) is 0. The summed E-state index contributed by atoms with van der Waals surface area (Å²) in [4.78, 5) is 8.35. The van der Waals surface area contributed by atoms with Crippen LogP contribution < -0.4 is 0 Å². The molecule has 24 heavy (non-hydrogen) atoms. The minimum atomic E-state index is 0.592. The van der Waals surface area contributed by atoms with Gasteiger partial charge >= 0.3 is 0 Å². The summed E-state index contributed by atoms with van der Waals surface area (Å²) < 4.78 is 0. The molecule has 4 rings (SSSR count). The van der Waals surface area contributed by atoms with E-state index in [1.807, 2.05) is 6.20 Å². The number of benzene rings is 1. The van der Waals surface area contributed by atoms with Gasteiger partial charge in [0.25, 0.3) is 0 Å². The molecule has 1 saturated heterocycles. The van der Waals surface area contributed by atoms with Crippen molar-refractivity contribution >= 4 is 11.3 Å². The van der Waals surface area contributed by atoms with E-state index in [2.05, 4.69) is 64.3 Å². The standard InChI is InChI=1S/C19H22N4S/c1-13-19(24-14(2)21-13)16-5-3-15(4-6-16)11-23-10-8-17(12-23)18-7-9-20-22-18/h3-7,9,17H,8,10-12H2,1-2H3,(H,20,22). The summed E-state index contributed by atoms with van der Waals surface area (Å²) >= 11 is 1.77. The van der Waals surface area contributed by atoms with Gasteiger partial charge in [-0.05, 0) is 44.0 Å². The van der Waals surface area contributed by atoms with Crippen LogP contribution >= 0.6 is 11.3 Å². The molecule has 0 spiro atoms. The lowest BCUT2D eigenvalue weighted by Gasteiger charge is -2.16. The fourth-order valence-corrected chi connectivity index (χ4v) is 4.47. The number of thiazole rings is 1. The Bertz CT molecular complexity index is 805. The minimum Gasteiger partial charge on any atom is -0.298 e. The third-order valence-corrected chi connectivity index (χ3v) is 5.88. The molecule has 0 radical (unpaired) electrons. The first kappa shape index (κ1) is 15.5. The number of hydrogen-bond acceptors (Lipinski definition) is 4. The highest BCUT2D eigenvalue weighted by molar-refractivity contribution is 7.15. The summed E-state index contributed by atoms with van der Waals surface area (Å²) in [6.07, 6.45) is 3.06.